The number of benzene rings is 1. The molecule has 0 unspecified atom stereocenters. The van der Waals surface area contributed by atoms with E-state index in [-0.39, 0.29) is 29.0 Å². The number of anilines is 2. The summed E-state index contributed by atoms with van der Waals surface area (Å²) < 4.78 is 13.2. The van der Waals surface area contributed by atoms with E-state index >= 15 is 0 Å². The Balaban J connectivity index is 2.22. The molecule has 0 saturated heterocycles. The van der Waals surface area contributed by atoms with Crippen LogP contribution in [0.1, 0.15) is 23.2 Å². The van der Waals surface area contributed by atoms with E-state index in [4.69, 9.17) is 10.8 Å². The van der Waals surface area contributed by atoms with Gasteiger partial charge in [-0.15, -0.1) is 0 Å². The van der Waals surface area contributed by atoms with Gasteiger partial charge in [-0.2, -0.15) is 0 Å². The van der Waals surface area contributed by atoms with Crippen molar-refractivity contribution in [2.75, 3.05) is 24.2 Å². The number of nitrogen functional groups attached to an aromatic ring is 1. The van der Waals surface area contributed by atoms with Gasteiger partial charge in [0.2, 0.25) is 0 Å². The number of nitrogens with two attached hydrogens (primary N) is 1. The molecule has 18 heavy (non-hydrogen) atoms. The molecule has 1 aromatic rings. The van der Waals surface area contributed by atoms with E-state index in [1.54, 1.807) is 0 Å². The Hall–Kier alpha value is -1.82. The molecular weight excluding hydrogens is 239 g/mol. The summed E-state index contributed by atoms with van der Waals surface area (Å²) in [6.07, 6.45) is 1.80. The van der Waals surface area contributed by atoms with Crippen molar-refractivity contribution in [1.29, 1.82) is 0 Å². The maximum Gasteiger partial charge on any atom is 0.340 e. The number of carboxylic acids is 1. The Bertz CT molecular complexity index is 486. The van der Waals surface area contributed by atoms with Crippen molar-refractivity contribution in [3.05, 3.63) is 23.5 Å². The summed E-state index contributed by atoms with van der Waals surface area (Å²) >= 11 is 0. The summed E-state index contributed by atoms with van der Waals surface area (Å²) in [5, 5.41) is 21.1. The fourth-order valence-corrected chi connectivity index (χ4v) is 1.82. The number of aromatic carboxylic acids is 1. The number of carboxylic acid groups (broad SMARTS) is 1. The number of halogens is 1. The SMILES string of the molecule is Nc1c(F)ccc(NCC2(CO)CC2)c1C(=O)O. The molecule has 6 heteroatoms. The summed E-state index contributed by atoms with van der Waals surface area (Å²) in [5.41, 5.74) is 4.90. The fraction of sp³-hybridized carbons (Fsp3) is 0.417. The van der Waals surface area contributed by atoms with Gasteiger partial charge in [-0.1, -0.05) is 0 Å². The lowest BCUT2D eigenvalue weighted by Gasteiger charge is -2.16. The normalized spacial score (nSPS) is 16.3. The Morgan fingerprint density at radius 2 is 2.17 bits per heavy atom. The summed E-state index contributed by atoms with van der Waals surface area (Å²) in [5.74, 6) is -2.02. The molecule has 0 aliphatic heterocycles. The van der Waals surface area contributed by atoms with Crippen LogP contribution in [0.25, 0.3) is 0 Å². The van der Waals surface area contributed by atoms with E-state index in [0.717, 1.165) is 18.9 Å². The molecule has 0 spiro atoms. The molecule has 0 bridgehead atoms. The standard InChI is InChI=1S/C12H15FN2O3/c13-7-1-2-8(9(10(7)14)11(17)18)15-5-12(6-16)3-4-12/h1-2,15-16H,3-6,14H2,(H,17,18). The number of hydrogen-bond donors (Lipinski definition) is 4. The first kappa shape index (κ1) is 12.6. The number of carbonyl (C=O) groups is 1. The average molecular weight is 254 g/mol. The molecule has 0 amide bonds. The maximum absolute atomic E-state index is 13.2. The lowest BCUT2D eigenvalue weighted by Crippen LogP contribution is -2.21. The first-order valence-corrected chi connectivity index (χ1v) is 5.65. The average Bonchev–Trinajstić information content (AvgIpc) is 3.11. The highest BCUT2D eigenvalue weighted by Gasteiger charge is 2.41. The molecule has 5 N–H and O–H groups in total. The van der Waals surface area contributed by atoms with E-state index in [0.29, 0.717) is 6.54 Å². The zero-order valence-corrected chi connectivity index (χ0v) is 9.74. The topological polar surface area (TPSA) is 95.6 Å². The van der Waals surface area contributed by atoms with Crippen LogP contribution in [0.5, 0.6) is 0 Å². The monoisotopic (exact) mass is 254 g/mol. The molecule has 2 rings (SSSR count). The minimum absolute atomic E-state index is 0.0546. The van der Waals surface area contributed by atoms with Gasteiger partial charge in [0.15, 0.2) is 0 Å². The first-order valence-electron chi connectivity index (χ1n) is 5.65. The Morgan fingerprint density at radius 1 is 1.50 bits per heavy atom. The maximum atomic E-state index is 13.2. The van der Waals surface area contributed by atoms with Gasteiger partial charge in [0, 0.05) is 12.0 Å². The highest BCUT2D eigenvalue weighted by molar-refractivity contribution is 6.00. The van der Waals surface area contributed by atoms with Gasteiger partial charge in [0.05, 0.1) is 18.0 Å². The molecule has 1 saturated carbocycles. The fourth-order valence-electron chi connectivity index (χ4n) is 1.82. The Morgan fingerprint density at radius 3 is 2.67 bits per heavy atom. The highest BCUT2D eigenvalue weighted by atomic mass is 19.1. The number of aliphatic hydroxyl groups excluding tert-OH is 1. The van der Waals surface area contributed by atoms with Gasteiger partial charge in [0.25, 0.3) is 0 Å². The number of rotatable bonds is 5. The lowest BCUT2D eigenvalue weighted by molar-refractivity contribution is 0.0698. The summed E-state index contributed by atoms with van der Waals surface area (Å²) in [4.78, 5) is 11.1. The molecule has 1 aromatic carbocycles. The predicted molar refractivity (Wildman–Crippen MR) is 65.0 cm³/mol. The Kier molecular flexibility index (Phi) is 3.13. The molecule has 0 aromatic heterocycles. The summed E-state index contributed by atoms with van der Waals surface area (Å²) in [6.45, 7) is 0.508. The van der Waals surface area contributed by atoms with E-state index < -0.39 is 11.8 Å². The van der Waals surface area contributed by atoms with Crippen molar-refractivity contribution in [3.8, 4) is 0 Å². The summed E-state index contributed by atoms with van der Waals surface area (Å²) in [7, 11) is 0. The number of hydrogen-bond acceptors (Lipinski definition) is 4. The van der Waals surface area contributed by atoms with Gasteiger partial charge >= 0.3 is 5.97 Å². The summed E-state index contributed by atoms with van der Waals surface area (Å²) in [6, 6.07) is 2.48. The van der Waals surface area contributed by atoms with Crippen LogP contribution in [0.2, 0.25) is 0 Å². The molecule has 0 atom stereocenters. The number of aliphatic hydroxyl groups is 1. The highest BCUT2D eigenvalue weighted by Crippen LogP contribution is 2.45. The van der Waals surface area contributed by atoms with E-state index in [1.165, 1.54) is 6.07 Å². The van der Waals surface area contributed by atoms with Gasteiger partial charge in [-0.3, -0.25) is 0 Å². The van der Waals surface area contributed by atoms with Crippen LogP contribution in [0.3, 0.4) is 0 Å². The molecule has 0 radical (unpaired) electrons. The van der Waals surface area contributed by atoms with Gasteiger partial charge in [0.1, 0.15) is 11.4 Å². The largest absolute Gasteiger partial charge is 0.478 e. The first-order chi connectivity index (χ1) is 8.49. The van der Waals surface area contributed by atoms with E-state index in [1.807, 2.05) is 0 Å². The molecular formula is C12H15FN2O3. The third-order valence-corrected chi connectivity index (χ3v) is 3.35. The quantitative estimate of drug-likeness (QED) is 0.594. The van der Waals surface area contributed by atoms with Crippen molar-refractivity contribution in [2.45, 2.75) is 12.8 Å². The molecule has 1 fully saturated rings. The van der Waals surface area contributed by atoms with Crippen LogP contribution in [-0.2, 0) is 0 Å². The lowest BCUT2D eigenvalue weighted by atomic mass is 10.1. The van der Waals surface area contributed by atoms with Crippen LogP contribution in [0, 0.1) is 11.2 Å². The molecule has 1 aliphatic carbocycles. The minimum atomic E-state index is -1.27. The molecule has 5 nitrogen and oxygen atoms in total. The molecule has 0 heterocycles. The van der Waals surface area contributed by atoms with E-state index in [2.05, 4.69) is 5.32 Å². The second-order valence-corrected chi connectivity index (χ2v) is 4.70. The second kappa shape index (κ2) is 4.45. The van der Waals surface area contributed by atoms with Crippen LogP contribution in [0.15, 0.2) is 12.1 Å². The smallest absolute Gasteiger partial charge is 0.340 e. The van der Waals surface area contributed by atoms with Gasteiger partial charge in [-0.25, -0.2) is 9.18 Å². The van der Waals surface area contributed by atoms with Gasteiger partial charge in [-0.05, 0) is 25.0 Å². The third-order valence-electron chi connectivity index (χ3n) is 3.35. The third kappa shape index (κ3) is 2.24. The van der Waals surface area contributed by atoms with Crippen LogP contribution >= 0.6 is 0 Å². The van der Waals surface area contributed by atoms with Crippen LogP contribution in [-0.4, -0.2) is 29.3 Å². The second-order valence-electron chi connectivity index (χ2n) is 4.70. The molecule has 1 aliphatic rings. The zero-order valence-electron chi connectivity index (χ0n) is 9.74. The van der Waals surface area contributed by atoms with Gasteiger partial charge < -0.3 is 21.3 Å². The molecule has 98 valence electrons. The van der Waals surface area contributed by atoms with E-state index in [9.17, 15) is 14.3 Å². The minimum Gasteiger partial charge on any atom is -0.478 e. The zero-order chi connectivity index (χ0) is 13.3. The predicted octanol–water partition coefficient (Wildman–Crippen LogP) is 1.29. The van der Waals surface area contributed by atoms with Crippen molar-refractivity contribution >= 4 is 17.3 Å². The van der Waals surface area contributed by atoms with Crippen LogP contribution < -0.4 is 11.1 Å². The number of nitrogens with one attached hydrogen (secondary N) is 1. The van der Waals surface area contributed by atoms with Crippen LogP contribution in [0.4, 0.5) is 15.8 Å². The van der Waals surface area contributed by atoms with Crippen molar-refractivity contribution < 1.29 is 19.4 Å². The van der Waals surface area contributed by atoms with Crippen molar-refractivity contribution in [3.63, 3.8) is 0 Å². The Labute approximate surface area is 103 Å². The van der Waals surface area contributed by atoms with Crippen molar-refractivity contribution in [2.24, 2.45) is 5.41 Å². The van der Waals surface area contributed by atoms with Crippen molar-refractivity contribution in [1.82, 2.24) is 0 Å².